The number of halogens is 1. The monoisotopic (exact) mass is 574 g/mol. The number of sulfonamides is 1. The van der Waals surface area contributed by atoms with Gasteiger partial charge in [-0.05, 0) is 43.9 Å². The van der Waals surface area contributed by atoms with Crippen LogP contribution in [-0.2, 0) is 22.3 Å². The van der Waals surface area contributed by atoms with Crippen LogP contribution in [0.4, 0.5) is 0 Å². The number of nitrogens with zero attached hydrogens (tertiary/aromatic N) is 1. The second kappa shape index (κ2) is 14.5. The van der Waals surface area contributed by atoms with E-state index in [4.69, 9.17) is 0 Å². The van der Waals surface area contributed by atoms with Gasteiger partial charge in [-0.2, -0.15) is 0 Å². The first-order valence-corrected chi connectivity index (χ1v) is 12.3. The van der Waals surface area contributed by atoms with E-state index >= 15 is 0 Å². The first kappa shape index (κ1) is 28.3. The zero-order valence-electron chi connectivity index (χ0n) is 18.9. The molecule has 0 aromatic heterocycles. The average molecular weight is 575 g/mol. The smallest absolute Gasteiger partial charge is 0.216 e. The molecule has 0 aliphatic heterocycles. The largest absolute Gasteiger partial charge is 0.388 e. The first-order valence-electron chi connectivity index (χ1n) is 10.6. The summed E-state index contributed by atoms with van der Waals surface area (Å²) in [6.45, 7) is 7.18. The van der Waals surface area contributed by atoms with Crippen LogP contribution in [0.15, 0.2) is 59.6 Å². The highest BCUT2D eigenvalue weighted by molar-refractivity contribution is 14.0. The van der Waals surface area contributed by atoms with Crippen molar-refractivity contribution in [2.75, 3.05) is 13.1 Å². The summed E-state index contributed by atoms with van der Waals surface area (Å²) in [4.78, 5) is 4.60. The minimum Gasteiger partial charge on any atom is -0.388 e. The van der Waals surface area contributed by atoms with Crippen molar-refractivity contribution >= 4 is 40.0 Å². The predicted octanol–water partition coefficient (Wildman–Crippen LogP) is 3.31. The van der Waals surface area contributed by atoms with Crippen molar-refractivity contribution in [1.82, 2.24) is 15.4 Å². The van der Waals surface area contributed by atoms with Crippen molar-refractivity contribution < 1.29 is 13.5 Å². The van der Waals surface area contributed by atoms with Crippen molar-refractivity contribution in [3.63, 3.8) is 0 Å². The molecule has 0 bridgehead atoms. The van der Waals surface area contributed by atoms with Gasteiger partial charge in [-0.25, -0.2) is 18.1 Å². The van der Waals surface area contributed by atoms with Crippen LogP contribution in [0.5, 0.6) is 0 Å². The number of rotatable bonds is 11. The summed E-state index contributed by atoms with van der Waals surface area (Å²) in [7, 11) is -3.41. The minimum absolute atomic E-state index is 0. The molecule has 0 fully saturated rings. The van der Waals surface area contributed by atoms with Gasteiger partial charge < -0.3 is 15.7 Å². The Morgan fingerprint density at radius 3 is 2.25 bits per heavy atom. The Labute approximate surface area is 209 Å². The predicted molar refractivity (Wildman–Crippen MR) is 142 cm³/mol. The van der Waals surface area contributed by atoms with Crippen LogP contribution >= 0.6 is 24.0 Å². The molecule has 32 heavy (non-hydrogen) atoms. The van der Waals surface area contributed by atoms with E-state index in [2.05, 4.69) is 20.3 Å². The molecule has 2 aromatic rings. The van der Waals surface area contributed by atoms with E-state index in [1.54, 1.807) is 13.8 Å². The van der Waals surface area contributed by atoms with Crippen LogP contribution in [0.3, 0.4) is 0 Å². The van der Waals surface area contributed by atoms with E-state index in [9.17, 15) is 13.5 Å². The number of nitrogens with one attached hydrogen (secondary N) is 3. The van der Waals surface area contributed by atoms with E-state index in [1.165, 1.54) is 0 Å². The number of hydrogen-bond donors (Lipinski definition) is 4. The third-order valence-electron chi connectivity index (χ3n) is 4.53. The lowest BCUT2D eigenvalue weighted by molar-refractivity contribution is 0.168. The van der Waals surface area contributed by atoms with Gasteiger partial charge in [0.2, 0.25) is 10.0 Å². The molecule has 0 saturated heterocycles. The Morgan fingerprint density at radius 2 is 1.62 bits per heavy atom. The summed E-state index contributed by atoms with van der Waals surface area (Å²) in [6, 6.07) is 16.8. The molecule has 4 N–H and O–H groups in total. The van der Waals surface area contributed by atoms with Gasteiger partial charge in [0.15, 0.2) is 5.96 Å². The summed E-state index contributed by atoms with van der Waals surface area (Å²) >= 11 is 0. The summed E-state index contributed by atoms with van der Waals surface area (Å²) in [5.41, 5.74) is 2.48. The molecule has 1 atom stereocenters. The van der Waals surface area contributed by atoms with Crippen LogP contribution in [-0.4, -0.2) is 38.6 Å². The van der Waals surface area contributed by atoms with Crippen molar-refractivity contribution in [3.05, 3.63) is 71.3 Å². The molecule has 2 rings (SSSR count). The van der Waals surface area contributed by atoms with Crippen LogP contribution < -0.4 is 15.4 Å². The van der Waals surface area contributed by atoms with Gasteiger partial charge in [0, 0.05) is 19.1 Å². The fraction of sp³-hybridized carbons (Fsp3) is 0.435. The fourth-order valence-corrected chi connectivity index (χ4v) is 4.63. The van der Waals surface area contributed by atoms with Gasteiger partial charge in [0.05, 0.1) is 18.4 Å². The molecule has 0 saturated carbocycles. The third kappa shape index (κ3) is 10.3. The van der Waals surface area contributed by atoms with Gasteiger partial charge >= 0.3 is 0 Å². The van der Waals surface area contributed by atoms with Gasteiger partial charge in [-0.1, -0.05) is 54.6 Å². The third-order valence-corrected chi connectivity index (χ3v) is 6.05. The van der Waals surface area contributed by atoms with E-state index in [-0.39, 0.29) is 35.8 Å². The summed E-state index contributed by atoms with van der Waals surface area (Å²) < 4.78 is 27.3. The quantitative estimate of drug-likeness (QED) is 0.188. The second-order valence-electron chi connectivity index (χ2n) is 7.64. The molecular weight excluding hydrogens is 539 g/mol. The molecule has 0 aliphatic rings. The van der Waals surface area contributed by atoms with Gasteiger partial charge in [-0.3, -0.25) is 0 Å². The molecule has 7 nitrogen and oxygen atoms in total. The number of aliphatic imine (C=N–C) groups is 1. The van der Waals surface area contributed by atoms with Crippen molar-refractivity contribution in [3.8, 4) is 0 Å². The standard InChI is InChI=1S/C23H34N4O3S.HI/c1-4-24-23(25-15-14-22(28)19-10-6-5-7-11-19)26-16-20-12-8-9-13-21(20)17-31(29,30)27-18(2)3;/h5-13,18,22,27-28H,4,14-17H2,1-3H3,(H2,24,25,26);1H. The Kier molecular flexibility index (Phi) is 12.8. The number of aliphatic hydroxyl groups excluding tert-OH is 1. The first-order chi connectivity index (χ1) is 14.8. The number of aliphatic hydroxyl groups is 1. The highest BCUT2D eigenvalue weighted by Gasteiger charge is 2.15. The molecule has 2 aromatic carbocycles. The topological polar surface area (TPSA) is 103 Å². The number of hydrogen-bond acceptors (Lipinski definition) is 4. The van der Waals surface area contributed by atoms with Gasteiger partial charge in [-0.15, -0.1) is 24.0 Å². The molecule has 0 heterocycles. The number of benzene rings is 2. The van der Waals surface area contributed by atoms with Crippen LogP contribution in [0, 0.1) is 0 Å². The molecule has 178 valence electrons. The molecule has 0 radical (unpaired) electrons. The Bertz CT molecular complexity index is 937. The Balaban J connectivity index is 0.00000512. The van der Waals surface area contributed by atoms with Crippen molar-refractivity contribution in [2.45, 2.75) is 51.6 Å². The van der Waals surface area contributed by atoms with Crippen molar-refractivity contribution in [2.24, 2.45) is 4.99 Å². The Hall–Kier alpha value is -1.69. The highest BCUT2D eigenvalue weighted by Crippen LogP contribution is 2.15. The summed E-state index contributed by atoms with van der Waals surface area (Å²) in [6.07, 6.45) is 0.000362. The maximum absolute atomic E-state index is 12.3. The summed E-state index contributed by atoms with van der Waals surface area (Å²) in [5, 5.41) is 16.7. The van der Waals surface area contributed by atoms with Crippen molar-refractivity contribution in [1.29, 1.82) is 0 Å². The Morgan fingerprint density at radius 1 is 1.00 bits per heavy atom. The molecule has 1 unspecified atom stereocenters. The van der Waals surface area contributed by atoms with Crippen LogP contribution in [0.2, 0.25) is 0 Å². The lowest BCUT2D eigenvalue weighted by atomic mass is 10.1. The fourth-order valence-electron chi connectivity index (χ4n) is 3.13. The lowest BCUT2D eigenvalue weighted by Gasteiger charge is -2.15. The maximum atomic E-state index is 12.3. The van der Waals surface area contributed by atoms with E-state index in [1.807, 2.05) is 61.5 Å². The zero-order chi connectivity index (χ0) is 22.7. The lowest BCUT2D eigenvalue weighted by Crippen LogP contribution is -2.38. The molecular formula is C23H35IN4O3S. The van der Waals surface area contributed by atoms with Gasteiger partial charge in [0.1, 0.15) is 0 Å². The number of guanidine groups is 1. The van der Waals surface area contributed by atoms with Crippen LogP contribution in [0.1, 0.15) is 50.0 Å². The SMILES string of the molecule is CCNC(=NCc1ccccc1CS(=O)(=O)NC(C)C)NCCC(O)c1ccccc1.I. The highest BCUT2D eigenvalue weighted by atomic mass is 127. The van der Waals surface area contributed by atoms with Gasteiger partial charge in [0.25, 0.3) is 0 Å². The minimum atomic E-state index is -3.41. The van der Waals surface area contributed by atoms with E-state index in [0.29, 0.717) is 32.0 Å². The van der Waals surface area contributed by atoms with E-state index in [0.717, 1.165) is 16.7 Å². The van der Waals surface area contributed by atoms with Crippen LogP contribution in [0.25, 0.3) is 0 Å². The second-order valence-corrected chi connectivity index (χ2v) is 9.39. The molecule has 0 spiro atoms. The molecule has 0 amide bonds. The maximum Gasteiger partial charge on any atom is 0.216 e. The molecule has 9 heteroatoms. The molecule has 0 aliphatic carbocycles. The van der Waals surface area contributed by atoms with E-state index < -0.39 is 16.1 Å². The summed E-state index contributed by atoms with van der Waals surface area (Å²) in [5.74, 6) is 0.546. The average Bonchev–Trinajstić information content (AvgIpc) is 2.72. The zero-order valence-corrected chi connectivity index (χ0v) is 22.1. The normalized spacial score (nSPS) is 12.8.